The summed E-state index contributed by atoms with van der Waals surface area (Å²) in [6, 6.07) is 107. The van der Waals surface area contributed by atoms with Crippen LogP contribution < -0.4 is 0 Å². The van der Waals surface area contributed by atoms with Crippen LogP contribution in [0.5, 0.6) is 0 Å². The molecule has 0 spiro atoms. The van der Waals surface area contributed by atoms with Crippen molar-refractivity contribution in [2.45, 2.75) is 195 Å². The summed E-state index contributed by atoms with van der Waals surface area (Å²) in [5, 5.41) is 36.2. The molecule has 0 saturated carbocycles. The maximum atomic E-state index is 12.5. The minimum absolute atomic E-state index is 0.00807. The van der Waals surface area contributed by atoms with Crippen molar-refractivity contribution in [2.75, 3.05) is 26.4 Å². The smallest absolute Gasteiger partial charge is 0.187 e. The molecule has 20 atom stereocenters. The highest BCUT2D eigenvalue weighted by molar-refractivity contribution is 5.23. The Bertz CT molecular complexity index is 4690. The SMILES string of the molecule is OC[C@H]1O[C@@H](O[C@H]2[C@H](OCc3ccccc3)[C@H](OCc3ccccc3)[C@H](O[C@H]3[C@H](OCc4ccccc4)[C@H](OCc4ccccc4)[C@H](O[C@H]4[C@H](OCc5ccccc5)[C@H](OCc5ccccc5)[C@@H](O)O[C@@H]4COCc4ccccc4)O[C@@H]3COCc3ccccc3)O[C@@H]2COCc2ccccc2)[C@@H](OCc2ccccc2)[C@@H](OCc2ccccc2)[C@@H]1O. The van der Waals surface area contributed by atoms with E-state index in [1.807, 2.05) is 334 Å². The average molecular weight is 1660 g/mol. The van der Waals surface area contributed by atoms with Crippen LogP contribution >= 0.6 is 0 Å². The van der Waals surface area contributed by atoms with E-state index in [9.17, 15) is 15.3 Å². The number of aliphatic hydroxyl groups is 3. The van der Waals surface area contributed by atoms with Crippen LogP contribution in [0.25, 0.3) is 0 Å². The number of hydrogen-bond donors (Lipinski definition) is 3. The average Bonchev–Trinajstić information content (AvgIpc) is 0.760. The van der Waals surface area contributed by atoms with Crippen molar-refractivity contribution in [3.63, 3.8) is 0 Å². The van der Waals surface area contributed by atoms with Crippen molar-refractivity contribution in [1.29, 1.82) is 0 Å². The molecule has 0 radical (unpaired) electrons. The van der Waals surface area contributed by atoms with E-state index in [1.54, 1.807) is 0 Å². The molecule has 0 aliphatic carbocycles. The zero-order valence-corrected chi connectivity index (χ0v) is 68.1. The molecule has 0 aromatic heterocycles. The second-order valence-corrected chi connectivity index (χ2v) is 30.8. The Hall–Kier alpha value is -9.42. The largest absolute Gasteiger partial charge is 0.394 e. The second-order valence-electron chi connectivity index (χ2n) is 30.8. The predicted octanol–water partition coefficient (Wildman–Crippen LogP) is 14.7. The molecule has 15 rings (SSSR count). The van der Waals surface area contributed by atoms with Crippen LogP contribution in [0.15, 0.2) is 334 Å². The first-order valence-corrected chi connectivity index (χ1v) is 41.9. The fourth-order valence-electron chi connectivity index (χ4n) is 15.6. The van der Waals surface area contributed by atoms with Gasteiger partial charge in [0, 0.05) is 0 Å². The van der Waals surface area contributed by atoms with Gasteiger partial charge < -0.3 is 101 Å². The molecule has 4 aliphatic rings. The number of rotatable bonds is 43. The summed E-state index contributed by atoms with van der Waals surface area (Å²) in [6.07, 6.45) is -24.8. The van der Waals surface area contributed by atoms with E-state index in [4.69, 9.17) is 85.3 Å². The Morgan fingerprint density at radius 3 is 0.631 bits per heavy atom. The molecule has 0 bridgehead atoms. The fraction of sp³-hybridized carbons (Fsp3) is 0.347. The van der Waals surface area contributed by atoms with E-state index in [1.165, 1.54) is 0 Å². The van der Waals surface area contributed by atoms with E-state index in [-0.39, 0.29) is 92.5 Å². The van der Waals surface area contributed by atoms with Crippen molar-refractivity contribution in [3.05, 3.63) is 395 Å². The Kier molecular flexibility index (Phi) is 33.2. The molecule has 11 aromatic rings. The summed E-state index contributed by atoms with van der Waals surface area (Å²) in [7, 11) is 0. The lowest BCUT2D eigenvalue weighted by atomic mass is 9.94. The third-order valence-electron chi connectivity index (χ3n) is 21.9. The molecule has 638 valence electrons. The molecule has 0 unspecified atom stereocenters. The number of aliphatic hydroxyl groups excluding tert-OH is 3. The summed E-state index contributed by atoms with van der Waals surface area (Å²) in [6.45, 7) is -0.128. The normalized spacial score (nSPS) is 26.6. The van der Waals surface area contributed by atoms with Gasteiger partial charge in [0.05, 0.1) is 99.1 Å². The van der Waals surface area contributed by atoms with E-state index < -0.39 is 129 Å². The van der Waals surface area contributed by atoms with Crippen molar-refractivity contribution in [1.82, 2.24) is 0 Å². The molecule has 4 fully saturated rings. The number of benzene rings is 11. The first-order chi connectivity index (χ1) is 60.3. The highest BCUT2D eigenvalue weighted by Gasteiger charge is 2.59. The molecule has 4 heterocycles. The van der Waals surface area contributed by atoms with Gasteiger partial charge in [0.2, 0.25) is 0 Å². The summed E-state index contributed by atoms with van der Waals surface area (Å²) in [4.78, 5) is 0. The minimum Gasteiger partial charge on any atom is -0.394 e. The van der Waals surface area contributed by atoms with Gasteiger partial charge in [0.25, 0.3) is 0 Å². The van der Waals surface area contributed by atoms with Gasteiger partial charge in [0.15, 0.2) is 25.2 Å². The van der Waals surface area contributed by atoms with Gasteiger partial charge in [-0.2, -0.15) is 0 Å². The predicted molar refractivity (Wildman–Crippen MR) is 453 cm³/mol. The van der Waals surface area contributed by atoms with Crippen molar-refractivity contribution < 1.29 is 101 Å². The van der Waals surface area contributed by atoms with Crippen LogP contribution in [0, 0.1) is 0 Å². The summed E-state index contributed by atoms with van der Waals surface area (Å²) >= 11 is 0. The molecule has 4 aliphatic heterocycles. The topological polar surface area (TPSA) is 227 Å². The lowest BCUT2D eigenvalue weighted by molar-refractivity contribution is -0.402. The lowest BCUT2D eigenvalue weighted by Gasteiger charge is -2.52. The van der Waals surface area contributed by atoms with E-state index in [0.29, 0.717) is 0 Å². The van der Waals surface area contributed by atoms with Crippen LogP contribution in [0.4, 0.5) is 0 Å². The van der Waals surface area contributed by atoms with Crippen molar-refractivity contribution in [3.8, 4) is 0 Å². The highest BCUT2D eigenvalue weighted by Crippen LogP contribution is 2.41. The fourth-order valence-corrected chi connectivity index (χ4v) is 15.6. The summed E-state index contributed by atoms with van der Waals surface area (Å²) < 4.78 is 130. The van der Waals surface area contributed by atoms with E-state index >= 15 is 0 Å². The third-order valence-corrected chi connectivity index (χ3v) is 21.9. The van der Waals surface area contributed by atoms with Gasteiger partial charge in [-0.1, -0.05) is 334 Å². The molecule has 21 nitrogen and oxygen atoms in total. The Morgan fingerprint density at radius 2 is 0.385 bits per heavy atom. The van der Waals surface area contributed by atoms with Crippen LogP contribution in [0.3, 0.4) is 0 Å². The van der Waals surface area contributed by atoms with Crippen LogP contribution in [-0.2, 0) is 158 Å². The first-order valence-electron chi connectivity index (χ1n) is 41.9. The molecule has 4 saturated heterocycles. The van der Waals surface area contributed by atoms with E-state index in [0.717, 1.165) is 61.2 Å². The molecule has 11 aromatic carbocycles. The van der Waals surface area contributed by atoms with Gasteiger partial charge in [-0.15, -0.1) is 0 Å². The third kappa shape index (κ3) is 25.0. The Labute approximate surface area is 713 Å². The minimum atomic E-state index is -1.54. The molecule has 0 amide bonds. The maximum Gasteiger partial charge on any atom is 0.187 e. The van der Waals surface area contributed by atoms with Gasteiger partial charge in [-0.05, 0) is 61.2 Å². The zero-order valence-electron chi connectivity index (χ0n) is 68.1. The van der Waals surface area contributed by atoms with E-state index in [2.05, 4.69) is 0 Å². The lowest BCUT2D eigenvalue weighted by Crippen LogP contribution is -2.69. The van der Waals surface area contributed by atoms with Gasteiger partial charge in [-0.25, -0.2) is 0 Å². The second kappa shape index (κ2) is 46.3. The standard InChI is InChI=1S/C101H108O21/c102-56-82-86(103)90(108-60-74-40-18-4-19-41-74)95(113-65-79-50-28-9-29-51-79)99(117-82)121-88-84(69-106-58-72-36-14-2-15-37-72)119-101(97(115-67-81-54-32-11-33-55-81)92(88)110-62-76-44-22-6-23-45-76)122-89-85(70-107-59-73-38-16-3-17-39-73)118-100(96(114-66-80-52-30-10-31-53-80)93(89)111-63-77-46-24-7-25-47-77)120-87-83(68-105-57-71-34-12-1-13-35-71)116-98(104)94(112-64-78-48-26-8-27-49-78)91(87)109-61-75-42-20-5-21-43-75/h1-55,82-104H,56-70H2/t82-,83-,84-,85-,86-,87-,88-,89-,90+,91+,92+,93+,94+,95+,96+,97+,98+,99+,100+,101+/m1/s1. The quantitative estimate of drug-likeness (QED) is 0.0323. The van der Waals surface area contributed by atoms with Crippen LogP contribution in [-0.4, -0.2) is 165 Å². The molecule has 122 heavy (non-hydrogen) atoms. The maximum absolute atomic E-state index is 12.5. The van der Waals surface area contributed by atoms with Crippen molar-refractivity contribution >= 4 is 0 Å². The molecule has 21 heteroatoms. The summed E-state index contributed by atoms with van der Waals surface area (Å²) in [5.74, 6) is 0. The Balaban J connectivity index is 0.864. The first kappa shape index (κ1) is 87.5. The molecular formula is C101H108O21. The zero-order chi connectivity index (χ0) is 83.1. The van der Waals surface area contributed by atoms with Crippen molar-refractivity contribution in [2.24, 2.45) is 0 Å². The Morgan fingerprint density at radius 1 is 0.197 bits per heavy atom. The van der Waals surface area contributed by atoms with Crippen LogP contribution in [0.1, 0.15) is 61.2 Å². The monoisotopic (exact) mass is 1660 g/mol. The molecule has 3 N–H and O–H groups in total. The van der Waals surface area contributed by atoms with Crippen LogP contribution in [0.2, 0.25) is 0 Å². The van der Waals surface area contributed by atoms with Gasteiger partial charge >= 0.3 is 0 Å². The summed E-state index contributed by atoms with van der Waals surface area (Å²) in [5.41, 5.74) is 9.36. The molecular weight excluding hydrogens is 1550 g/mol. The van der Waals surface area contributed by atoms with Gasteiger partial charge in [-0.3, -0.25) is 0 Å². The number of hydrogen-bond acceptors (Lipinski definition) is 21. The van der Waals surface area contributed by atoms with Gasteiger partial charge in [0.1, 0.15) is 97.7 Å². The highest BCUT2D eigenvalue weighted by atomic mass is 16.8. The number of ether oxygens (including phenoxy) is 18.